The summed E-state index contributed by atoms with van der Waals surface area (Å²) in [6, 6.07) is 9.20. The molecule has 112 valence electrons. The highest BCUT2D eigenvalue weighted by Gasteiger charge is 2.48. The van der Waals surface area contributed by atoms with E-state index in [9.17, 15) is 14.7 Å². The molecule has 2 rings (SSSR count). The van der Waals surface area contributed by atoms with Gasteiger partial charge in [-0.25, -0.2) is 9.59 Å². The van der Waals surface area contributed by atoms with Gasteiger partial charge in [-0.15, -0.1) is 0 Å². The maximum absolute atomic E-state index is 12.2. The molecule has 1 heterocycles. The number of carboxylic acid groups (broad SMARTS) is 1. The van der Waals surface area contributed by atoms with E-state index in [1.165, 1.54) is 13.2 Å². The number of carbonyl (C=O) groups excluding carboxylic acids is 1. The molecule has 1 unspecified atom stereocenters. The quantitative estimate of drug-likeness (QED) is 0.835. The summed E-state index contributed by atoms with van der Waals surface area (Å²) in [5, 5.41) is 9.42. The van der Waals surface area contributed by atoms with E-state index < -0.39 is 17.6 Å². The number of aliphatic carboxylic acids is 1. The van der Waals surface area contributed by atoms with Gasteiger partial charge in [0.2, 0.25) is 0 Å². The van der Waals surface area contributed by atoms with Crippen LogP contribution in [0.5, 0.6) is 0 Å². The average molecular weight is 291 g/mol. The van der Waals surface area contributed by atoms with Gasteiger partial charge >= 0.3 is 12.1 Å². The zero-order valence-electron chi connectivity index (χ0n) is 11.7. The number of ether oxygens (including phenoxy) is 2. The molecular formula is C15H17NO5. The van der Waals surface area contributed by atoms with E-state index in [-0.39, 0.29) is 19.8 Å². The Morgan fingerprint density at radius 2 is 2.05 bits per heavy atom. The van der Waals surface area contributed by atoms with Crippen LogP contribution in [-0.4, -0.2) is 47.9 Å². The number of hydrogen-bond donors (Lipinski definition) is 1. The summed E-state index contributed by atoms with van der Waals surface area (Å²) in [5.41, 5.74) is -0.659. The van der Waals surface area contributed by atoms with Gasteiger partial charge < -0.3 is 14.6 Å². The molecule has 1 aliphatic heterocycles. The van der Waals surface area contributed by atoms with Crippen LogP contribution in [0, 0.1) is 0 Å². The van der Waals surface area contributed by atoms with Crippen molar-refractivity contribution in [3.05, 3.63) is 48.0 Å². The molecule has 6 nitrogen and oxygen atoms in total. The number of rotatable bonds is 5. The second kappa shape index (κ2) is 6.41. The Labute approximate surface area is 122 Å². The number of benzene rings is 1. The van der Waals surface area contributed by atoms with Crippen LogP contribution in [0.4, 0.5) is 4.79 Å². The predicted molar refractivity (Wildman–Crippen MR) is 74.7 cm³/mol. The molecule has 21 heavy (non-hydrogen) atoms. The Morgan fingerprint density at radius 1 is 1.33 bits per heavy atom. The molecule has 1 aromatic rings. The SMILES string of the molecule is COCC1(C(=O)O)C=CCN1C(=O)OCc1ccccc1. The highest BCUT2D eigenvalue weighted by atomic mass is 16.6. The summed E-state index contributed by atoms with van der Waals surface area (Å²) in [5.74, 6) is -1.14. The normalized spacial score (nSPS) is 20.5. The molecule has 0 saturated heterocycles. The topological polar surface area (TPSA) is 76.1 Å². The minimum absolute atomic E-state index is 0.0961. The van der Waals surface area contributed by atoms with Crippen LogP contribution in [0.25, 0.3) is 0 Å². The smallest absolute Gasteiger partial charge is 0.411 e. The van der Waals surface area contributed by atoms with Crippen molar-refractivity contribution in [2.45, 2.75) is 12.1 Å². The van der Waals surface area contributed by atoms with E-state index in [1.807, 2.05) is 30.3 Å². The van der Waals surface area contributed by atoms with Crippen LogP contribution in [0.3, 0.4) is 0 Å². The van der Waals surface area contributed by atoms with Gasteiger partial charge in [-0.1, -0.05) is 36.4 Å². The summed E-state index contributed by atoms with van der Waals surface area (Å²) >= 11 is 0. The van der Waals surface area contributed by atoms with Gasteiger partial charge in [-0.3, -0.25) is 4.90 Å². The maximum Gasteiger partial charge on any atom is 0.411 e. The molecule has 1 atom stereocenters. The minimum atomic E-state index is -1.50. The van der Waals surface area contributed by atoms with E-state index in [1.54, 1.807) is 6.08 Å². The van der Waals surface area contributed by atoms with Crippen molar-refractivity contribution < 1.29 is 24.2 Å². The maximum atomic E-state index is 12.2. The molecule has 0 saturated carbocycles. The summed E-state index contributed by atoms with van der Waals surface area (Å²) in [6.07, 6.45) is 2.41. The van der Waals surface area contributed by atoms with Crippen LogP contribution >= 0.6 is 0 Å². The Balaban J connectivity index is 2.06. The van der Waals surface area contributed by atoms with Gasteiger partial charge in [0.1, 0.15) is 6.61 Å². The predicted octanol–water partition coefficient (Wildman–Crippen LogP) is 1.66. The number of carboxylic acids is 1. The van der Waals surface area contributed by atoms with Gasteiger partial charge in [-0.2, -0.15) is 0 Å². The van der Waals surface area contributed by atoms with Gasteiger partial charge in [0, 0.05) is 13.7 Å². The zero-order chi connectivity index (χ0) is 15.3. The van der Waals surface area contributed by atoms with Gasteiger partial charge in [-0.05, 0) is 11.6 Å². The fourth-order valence-corrected chi connectivity index (χ4v) is 2.24. The number of nitrogens with zero attached hydrogens (tertiary/aromatic N) is 1. The summed E-state index contributed by atoms with van der Waals surface area (Å²) in [7, 11) is 1.39. The largest absolute Gasteiger partial charge is 0.479 e. The first kappa shape index (κ1) is 15.1. The molecule has 0 aromatic heterocycles. The van der Waals surface area contributed by atoms with E-state index in [0.717, 1.165) is 10.5 Å². The minimum Gasteiger partial charge on any atom is -0.479 e. The number of amides is 1. The van der Waals surface area contributed by atoms with Crippen LogP contribution in [0.15, 0.2) is 42.5 Å². The Bertz CT molecular complexity index is 542. The lowest BCUT2D eigenvalue weighted by Gasteiger charge is -2.32. The Morgan fingerprint density at radius 3 is 2.67 bits per heavy atom. The van der Waals surface area contributed by atoms with Crippen LogP contribution < -0.4 is 0 Å². The van der Waals surface area contributed by atoms with Crippen LogP contribution in [0.2, 0.25) is 0 Å². The standard InChI is InChI=1S/C15H17NO5/c1-20-11-15(13(17)18)8-5-9-16(15)14(19)21-10-12-6-3-2-4-7-12/h2-8H,9-11H2,1H3,(H,17,18). The molecule has 0 aliphatic carbocycles. The third-order valence-corrected chi connectivity index (χ3v) is 3.32. The first-order chi connectivity index (χ1) is 10.1. The number of methoxy groups -OCH3 is 1. The van der Waals surface area contributed by atoms with Crippen molar-refractivity contribution in [2.24, 2.45) is 0 Å². The lowest BCUT2D eigenvalue weighted by Crippen LogP contribution is -2.56. The molecule has 0 bridgehead atoms. The molecule has 1 aliphatic rings. The van der Waals surface area contributed by atoms with E-state index in [4.69, 9.17) is 9.47 Å². The van der Waals surface area contributed by atoms with Crippen molar-refractivity contribution >= 4 is 12.1 Å². The molecule has 1 aromatic carbocycles. The van der Waals surface area contributed by atoms with Crippen molar-refractivity contribution in [1.82, 2.24) is 4.90 Å². The average Bonchev–Trinajstić information content (AvgIpc) is 2.91. The van der Waals surface area contributed by atoms with Crippen molar-refractivity contribution in [3.8, 4) is 0 Å². The molecule has 0 radical (unpaired) electrons. The summed E-state index contributed by atoms with van der Waals surface area (Å²) in [6.45, 7) is 0.154. The van der Waals surface area contributed by atoms with Gasteiger partial charge in [0.05, 0.1) is 6.61 Å². The third-order valence-electron chi connectivity index (χ3n) is 3.32. The molecular weight excluding hydrogens is 274 g/mol. The van der Waals surface area contributed by atoms with E-state index in [0.29, 0.717) is 0 Å². The first-order valence-electron chi connectivity index (χ1n) is 6.48. The highest BCUT2D eigenvalue weighted by Crippen LogP contribution is 2.25. The molecule has 6 heteroatoms. The first-order valence-corrected chi connectivity index (χ1v) is 6.48. The second-order valence-corrected chi connectivity index (χ2v) is 4.72. The van der Waals surface area contributed by atoms with Crippen molar-refractivity contribution in [2.75, 3.05) is 20.3 Å². The lowest BCUT2D eigenvalue weighted by atomic mass is 10.0. The third kappa shape index (κ3) is 3.05. The number of hydrogen-bond acceptors (Lipinski definition) is 4. The Kier molecular flexibility index (Phi) is 4.59. The van der Waals surface area contributed by atoms with Gasteiger partial charge in [0.15, 0.2) is 5.54 Å². The molecule has 0 spiro atoms. The summed E-state index contributed by atoms with van der Waals surface area (Å²) < 4.78 is 10.1. The zero-order valence-corrected chi connectivity index (χ0v) is 11.7. The lowest BCUT2D eigenvalue weighted by molar-refractivity contribution is -0.149. The van der Waals surface area contributed by atoms with Gasteiger partial charge in [0.25, 0.3) is 0 Å². The summed E-state index contributed by atoms with van der Waals surface area (Å²) in [4.78, 5) is 24.8. The van der Waals surface area contributed by atoms with Crippen molar-refractivity contribution in [3.63, 3.8) is 0 Å². The highest BCUT2D eigenvalue weighted by molar-refractivity contribution is 5.88. The fraction of sp³-hybridized carbons (Fsp3) is 0.333. The molecule has 1 N–H and O–H groups in total. The van der Waals surface area contributed by atoms with Crippen molar-refractivity contribution in [1.29, 1.82) is 0 Å². The van der Waals surface area contributed by atoms with Crippen LogP contribution in [-0.2, 0) is 20.9 Å². The second-order valence-electron chi connectivity index (χ2n) is 4.72. The van der Waals surface area contributed by atoms with E-state index >= 15 is 0 Å². The van der Waals surface area contributed by atoms with E-state index in [2.05, 4.69) is 0 Å². The van der Waals surface area contributed by atoms with Crippen LogP contribution in [0.1, 0.15) is 5.56 Å². The monoisotopic (exact) mass is 291 g/mol. The molecule has 1 amide bonds. The number of carbonyl (C=O) groups is 2. The molecule has 0 fully saturated rings. The Hall–Kier alpha value is -2.34. The fourth-order valence-electron chi connectivity index (χ4n) is 2.24.